The highest BCUT2D eigenvalue weighted by molar-refractivity contribution is 5.67. The van der Waals surface area contributed by atoms with Gasteiger partial charge in [-0.2, -0.15) is 4.98 Å². The van der Waals surface area contributed by atoms with Gasteiger partial charge in [0, 0.05) is 32.7 Å². The van der Waals surface area contributed by atoms with Crippen LogP contribution >= 0.6 is 0 Å². The first-order chi connectivity index (χ1) is 11.8. The number of hydrogen-bond donors (Lipinski definition) is 1. The molecule has 1 aliphatic heterocycles. The quantitative estimate of drug-likeness (QED) is 0.877. The summed E-state index contributed by atoms with van der Waals surface area (Å²) in [6.45, 7) is 7.45. The third-order valence-corrected chi connectivity index (χ3v) is 4.19. The molecular weight excluding hydrogens is 302 g/mol. The number of piperazine rings is 1. The molecule has 1 aromatic heterocycles. The molecule has 2 heterocycles. The van der Waals surface area contributed by atoms with Gasteiger partial charge in [0.2, 0.25) is 5.88 Å². The van der Waals surface area contributed by atoms with Crippen molar-refractivity contribution < 1.29 is 4.74 Å². The van der Waals surface area contributed by atoms with Crippen molar-refractivity contribution in [1.82, 2.24) is 14.9 Å². The number of benzene rings is 1. The highest BCUT2D eigenvalue weighted by atomic mass is 16.5. The predicted octanol–water partition coefficient (Wildman–Crippen LogP) is 2.17. The van der Waals surface area contributed by atoms with E-state index in [-0.39, 0.29) is 0 Å². The van der Waals surface area contributed by atoms with Crippen LogP contribution in [0.5, 0.6) is 5.88 Å². The maximum atomic E-state index is 6.21. The molecule has 24 heavy (non-hydrogen) atoms. The van der Waals surface area contributed by atoms with Crippen LogP contribution in [0.3, 0.4) is 0 Å². The van der Waals surface area contributed by atoms with Gasteiger partial charge in [0.1, 0.15) is 12.0 Å². The SMILES string of the molecule is CCCOc1ncnc(N2CCN(Cc3ccccc3)CC2)c1N. The molecule has 3 rings (SSSR count). The molecule has 1 saturated heterocycles. The molecular formula is C18H25N5O. The van der Waals surface area contributed by atoms with E-state index < -0.39 is 0 Å². The zero-order chi connectivity index (χ0) is 16.8. The lowest BCUT2D eigenvalue weighted by Gasteiger charge is -2.35. The van der Waals surface area contributed by atoms with Crippen molar-refractivity contribution in [2.24, 2.45) is 0 Å². The van der Waals surface area contributed by atoms with Crippen molar-refractivity contribution in [1.29, 1.82) is 0 Å². The van der Waals surface area contributed by atoms with Crippen molar-refractivity contribution in [3.05, 3.63) is 42.2 Å². The summed E-state index contributed by atoms with van der Waals surface area (Å²) in [5.74, 6) is 1.28. The Hall–Kier alpha value is -2.34. The average Bonchev–Trinajstić information content (AvgIpc) is 2.63. The number of ether oxygens (including phenoxy) is 1. The Labute approximate surface area is 143 Å². The van der Waals surface area contributed by atoms with Gasteiger partial charge in [-0.1, -0.05) is 37.3 Å². The lowest BCUT2D eigenvalue weighted by Crippen LogP contribution is -2.46. The summed E-state index contributed by atoms with van der Waals surface area (Å²) in [6.07, 6.45) is 2.46. The van der Waals surface area contributed by atoms with Crippen molar-refractivity contribution in [3.63, 3.8) is 0 Å². The normalized spacial score (nSPS) is 15.5. The number of nitrogen functional groups attached to an aromatic ring is 1. The highest BCUT2D eigenvalue weighted by Gasteiger charge is 2.21. The molecule has 2 aromatic rings. The molecule has 0 amide bonds. The number of nitrogens with zero attached hydrogens (tertiary/aromatic N) is 4. The van der Waals surface area contributed by atoms with Crippen LogP contribution in [0.2, 0.25) is 0 Å². The van der Waals surface area contributed by atoms with Gasteiger partial charge in [0.25, 0.3) is 0 Å². The van der Waals surface area contributed by atoms with Gasteiger partial charge in [0.05, 0.1) is 6.61 Å². The van der Waals surface area contributed by atoms with Crippen LogP contribution in [-0.2, 0) is 6.54 Å². The fourth-order valence-electron chi connectivity index (χ4n) is 2.90. The van der Waals surface area contributed by atoms with Crippen molar-refractivity contribution in [3.8, 4) is 5.88 Å². The van der Waals surface area contributed by atoms with E-state index in [2.05, 4.69) is 57.0 Å². The van der Waals surface area contributed by atoms with Gasteiger partial charge in [0.15, 0.2) is 5.82 Å². The second-order valence-electron chi connectivity index (χ2n) is 6.01. The Morgan fingerprint density at radius 3 is 2.54 bits per heavy atom. The first-order valence-corrected chi connectivity index (χ1v) is 8.52. The molecule has 0 aliphatic carbocycles. The van der Waals surface area contributed by atoms with E-state index in [4.69, 9.17) is 10.5 Å². The Bertz CT molecular complexity index is 641. The molecule has 6 nitrogen and oxygen atoms in total. The van der Waals surface area contributed by atoms with Crippen LogP contribution in [-0.4, -0.2) is 47.7 Å². The molecule has 1 aliphatic rings. The zero-order valence-electron chi connectivity index (χ0n) is 14.2. The largest absolute Gasteiger partial charge is 0.476 e. The Balaban J connectivity index is 1.60. The third kappa shape index (κ3) is 3.94. The van der Waals surface area contributed by atoms with Crippen molar-refractivity contribution in [2.75, 3.05) is 43.4 Å². The molecule has 1 aromatic carbocycles. The van der Waals surface area contributed by atoms with Gasteiger partial charge >= 0.3 is 0 Å². The standard InChI is InChI=1S/C18H25N5O/c1-2-12-24-18-16(19)17(20-14-21-18)23-10-8-22(9-11-23)13-15-6-4-3-5-7-15/h3-7,14H,2,8-13,19H2,1H3. The molecule has 0 bridgehead atoms. The summed E-state index contributed by atoms with van der Waals surface area (Å²) in [7, 11) is 0. The minimum Gasteiger partial charge on any atom is -0.476 e. The van der Waals surface area contributed by atoms with Gasteiger partial charge in [-0.15, -0.1) is 0 Å². The molecule has 6 heteroatoms. The van der Waals surface area contributed by atoms with E-state index in [1.54, 1.807) is 0 Å². The van der Waals surface area contributed by atoms with Crippen LogP contribution < -0.4 is 15.4 Å². The average molecular weight is 327 g/mol. The fraction of sp³-hybridized carbons (Fsp3) is 0.444. The molecule has 0 saturated carbocycles. The maximum absolute atomic E-state index is 6.21. The van der Waals surface area contributed by atoms with Gasteiger partial charge < -0.3 is 15.4 Å². The summed E-state index contributed by atoms with van der Waals surface area (Å²) in [5, 5.41) is 0. The van der Waals surface area contributed by atoms with Gasteiger partial charge in [-0.3, -0.25) is 4.90 Å². The Kier molecular flexibility index (Phi) is 5.48. The first kappa shape index (κ1) is 16.5. The lowest BCUT2D eigenvalue weighted by molar-refractivity contribution is 0.249. The number of anilines is 2. The molecule has 2 N–H and O–H groups in total. The van der Waals surface area contributed by atoms with E-state index in [0.717, 1.165) is 45.0 Å². The topological polar surface area (TPSA) is 67.5 Å². The van der Waals surface area contributed by atoms with Crippen molar-refractivity contribution >= 4 is 11.5 Å². The summed E-state index contributed by atoms with van der Waals surface area (Å²) in [4.78, 5) is 13.2. The lowest BCUT2D eigenvalue weighted by atomic mass is 10.2. The Morgan fingerprint density at radius 1 is 1.08 bits per heavy atom. The monoisotopic (exact) mass is 327 g/mol. The van der Waals surface area contributed by atoms with Crippen LogP contribution in [0, 0.1) is 0 Å². The number of aromatic nitrogens is 2. The van der Waals surface area contributed by atoms with Crippen LogP contribution in [0.4, 0.5) is 11.5 Å². The van der Waals surface area contributed by atoms with E-state index in [1.807, 2.05) is 0 Å². The van der Waals surface area contributed by atoms with Crippen LogP contribution in [0.1, 0.15) is 18.9 Å². The molecule has 0 unspecified atom stereocenters. The summed E-state index contributed by atoms with van der Waals surface area (Å²) >= 11 is 0. The van der Waals surface area contributed by atoms with Gasteiger partial charge in [-0.05, 0) is 12.0 Å². The number of hydrogen-bond acceptors (Lipinski definition) is 6. The van der Waals surface area contributed by atoms with Crippen LogP contribution in [0.15, 0.2) is 36.7 Å². The second kappa shape index (κ2) is 7.97. The van der Waals surface area contributed by atoms with E-state index >= 15 is 0 Å². The predicted molar refractivity (Wildman–Crippen MR) is 96.2 cm³/mol. The minimum atomic E-state index is 0.494. The van der Waals surface area contributed by atoms with E-state index in [0.29, 0.717) is 18.2 Å². The molecule has 128 valence electrons. The van der Waals surface area contributed by atoms with Gasteiger partial charge in [-0.25, -0.2) is 4.98 Å². The summed E-state index contributed by atoms with van der Waals surface area (Å²) in [6, 6.07) is 10.6. The third-order valence-electron chi connectivity index (χ3n) is 4.19. The number of nitrogens with two attached hydrogens (primary N) is 1. The van der Waals surface area contributed by atoms with E-state index in [9.17, 15) is 0 Å². The highest BCUT2D eigenvalue weighted by Crippen LogP contribution is 2.28. The van der Waals surface area contributed by atoms with Crippen molar-refractivity contribution in [2.45, 2.75) is 19.9 Å². The second-order valence-corrected chi connectivity index (χ2v) is 6.01. The first-order valence-electron chi connectivity index (χ1n) is 8.52. The van der Waals surface area contributed by atoms with Crippen LogP contribution in [0.25, 0.3) is 0 Å². The minimum absolute atomic E-state index is 0.494. The number of rotatable bonds is 6. The molecule has 0 radical (unpaired) electrons. The summed E-state index contributed by atoms with van der Waals surface area (Å²) < 4.78 is 5.60. The Morgan fingerprint density at radius 2 is 1.83 bits per heavy atom. The maximum Gasteiger partial charge on any atom is 0.242 e. The smallest absolute Gasteiger partial charge is 0.242 e. The summed E-state index contributed by atoms with van der Waals surface area (Å²) in [5.41, 5.74) is 8.10. The zero-order valence-corrected chi connectivity index (χ0v) is 14.2. The molecule has 0 spiro atoms. The van der Waals surface area contributed by atoms with E-state index in [1.165, 1.54) is 11.9 Å². The molecule has 0 atom stereocenters. The molecule has 1 fully saturated rings. The fourth-order valence-corrected chi connectivity index (χ4v) is 2.90.